The van der Waals surface area contributed by atoms with Gasteiger partial charge in [-0.3, -0.25) is 9.80 Å². The fourth-order valence-corrected chi connectivity index (χ4v) is 4.21. The zero-order chi connectivity index (χ0) is 16.6. The molecule has 0 atom stereocenters. The van der Waals surface area contributed by atoms with Crippen molar-refractivity contribution in [3.63, 3.8) is 0 Å². The molecule has 2 fully saturated rings. The van der Waals surface area contributed by atoms with Gasteiger partial charge in [-0.05, 0) is 37.2 Å². The summed E-state index contributed by atoms with van der Waals surface area (Å²) in [7, 11) is 0. The molecule has 1 heterocycles. The van der Waals surface area contributed by atoms with E-state index >= 15 is 0 Å². The summed E-state index contributed by atoms with van der Waals surface area (Å²) in [6.45, 7) is 7.02. The lowest BCUT2D eigenvalue weighted by molar-refractivity contribution is 0.0420. The minimum atomic E-state index is 0.124. The number of hydrogen-bond acceptors (Lipinski definition) is 4. The van der Waals surface area contributed by atoms with Crippen LogP contribution in [-0.4, -0.2) is 73.5 Å². The Bertz CT molecular complexity index is 452. The molecule has 1 aliphatic carbocycles. The maximum Gasteiger partial charge on any atom is 0.0698 e. The molecule has 0 amide bonds. The molecule has 0 unspecified atom stereocenters. The molecule has 4 heteroatoms. The van der Waals surface area contributed by atoms with Crippen molar-refractivity contribution in [2.24, 2.45) is 0 Å². The van der Waals surface area contributed by atoms with Crippen LogP contribution in [-0.2, 0) is 4.74 Å². The van der Waals surface area contributed by atoms with E-state index in [1.54, 1.807) is 0 Å². The summed E-state index contributed by atoms with van der Waals surface area (Å²) in [5.74, 6) is 0.771. The number of piperazine rings is 1. The topological polar surface area (TPSA) is 35.9 Å². The number of hydrogen-bond donors (Lipinski definition) is 1. The molecular weight excluding hydrogens is 300 g/mol. The average Bonchev–Trinajstić information content (AvgIpc) is 2.67. The van der Waals surface area contributed by atoms with Gasteiger partial charge in [0.2, 0.25) is 0 Å². The Balaban J connectivity index is 1.36. The maximum absolute atomic E-state index is 8.73. The summed E-state index contributed by atoms with van der Waals surface area (Å²) in [5.41, 5.74) is 1.53. The SMILES string of the molecule is OCCOCCN1CCN(C2CCC(c3ccccc3)CC2)CC1. The van der Waals surface area contributed by atoms with Gasteiger partial charge in [0.05, 0.1) is 19.8 Å². The zero-order valence-corrected chi connectivity index (χ0v) is 14.8. The monoisotopic (exact) mass is 332 g/mol. The van der Waals surface area contributed by atoms with Gasteiger partial charge in [-0.15, -0.1) is 0 Å². The summed E-state index contributed by atoms with van der Waals surface area (Å²) < 4.78 is 5.38. The van der Waals surface area contributed by atoms with Gasteiger partial charge in [0.15, 0.2) is 0 Å². The Morgan fingerprint density at radius 1 is 0.917 bits per heavy atom. The lowest BCUT2D eigenvalue weighted by atomic mass is 9.81. The van der Waals surface area contributed by atoms with Crippen molar-refractivity contribution in [3.05, 3.63) is 35.9 Å². The van der Waals surface area contributed by atoms with Crippen molar-refractivity contribution in [2.45, 2.75) is 37.6 Å². The predicted octanol–water partition coefficient (Wildman–Crippen LogP) is 2.34. The van der Waals surface area contributed by atoms with Gasteiger partial charge in [0.1, 0.15) is 0 Å². The number of benzene rings is 1. The number of aliphatic hydroxyl groups is 1. The van der Waals surface area contributed by atoms with E-state index in [4.69, 9.17) is 9.84 Å². The van der Waals surface area contributed by atoms with E-state index < -0.39 is 0 Å². The molecule has 1 aromatic carbocycles. The van der Waals surface area contributed by atoms with Crippen LogP contribution in [0, 0.1) is 0 Å². The molecule has 1 aliphatic heterocycles. The normalized spacial score (nSPS) is 26.5. The summed E-state index contributed by atoms with van der Waals surface area (Å²) >= 11 is 0. The molecule has 1 saturated heterocycles. The lowest BCUT2D eigenvalue weighted by Crippen LogP contribution is -2.51. The largest absolute Gasteiger partial charge is 0.394 e. The average molecular weight is 332 g/mol. The third-order valence-electron chi connectivity index (χ3n) is 5.68. The number of rotatable bonds is 7. The van der Waals surface area contributed by atoms with E-state index in [9.17, 15) is 0 Å². The molecule has 0 radical (unpaired) electrons. The van der Waals surface area contributed by atoms with E-state index in [1.807, 2.05) is 0 Å². The first kappa shape index (κ1) is 17.9. The van der Waals surface area contributed by atoms with Gasteiger partial charge in [-0.2, -0.15) is 0 Å². The molecule has 2 aliphatic rings. The maximum atomic E-state index is 8.73. The first-order chi connectivity index (χ1) is 11.9. The van der Waals surface area contributed by atoms with Gasteiger partial charge < -0.3 is 9.84 Å². The molecule has 4 nitrogen and oxygen atoms in total. The van der Waals surface area contributed by atoms with Crippen molar-refractivity contribution in [3.8, 4) is 0 Å². The molecule has 24 heavy (non-hydrogen) atoms. The van der Waals surface area contributed by atoms with Gasteiger partial charge in [0, 0.05) is 38.8 Å². The fraction of sp³-hybridized carbons (Fsp3) is 0.700. The zero-order valence-electron chi connectivity index (χ0n) is 14.8. The van der Waals surface area contributed by atoms with Crippen LogP contribution in [0.4, 0.5) is 0 Å². The molecule has 0 spiro atoms. The van der Waals surface area contributed by atoms with Crippen LogP contribution in [0.2, 0.25) is 0 Å². The highest BCUT2D eigenvalue weighted by Crippen LogP contribution is 2.34. The van der Waals surface area contributed by atoms with E-state index in [2.05, 4.69) is 40.1 Å². The summed E-state index contributed by atoms with van der Waals surface area (Å²) in [4.78, 5) is 5.20. The highest BCUT2D eigenvalue weighted by molar-refractivity contribution is 5.20. The highest BCUT2D eigenvalue weighted by Gasteiger charge is 2.28. The number of nitrogens with zero attached hydrogens (tertiary/aromatic N) is 2. The molecule has 1 N–H and O–H groups in total. The Morgan fingerprint density at radius 2 is 1.62 bits per heavy atom. The molecule has 1 aromatic rings. The molecule has 3 rings (SSSR count). The minimum Gasteiger partial charge on any atom is -0.394 e. The van der Waals surface area contributed by atoms with Crippen LogP contribution < -0.4 is 0 Å². The van der Waals surface area contributed by atoms with Crippen LogP contribution >= 0.6 is 0 Å². The van der Waals surface area contributed by atoms with Crippen molar-refractivity contribution in [2.75, 3.05) is 52.5 Å². The predicted molar refractivity (Wildman–Crippen MR) is 97.4 cm³/mol. The van der Waals surface area contributed by atoms with Crippen LogP contribution in [0.5, 0.6) is 0 Å². The molecule has 0 aromatic heterocycles. The lowest BCUT2D eigenvalue weighted by Gasteiger charge is -2.42. The van der Waals surface area contributed by atoms with Crippen molar-refractivity contribution >= 4 is 0 Å². The van der Waals surface area contributed by atoms with E-state index in [-0.39, 0.29) is 6.61 Å². The molecule has 1 saturated carbocycles. The third kappa shape index (κ3) is 5.03. The second-order valence-corrected chi connectivity index (χ2v) is 7.13. The summed E-state index contributed by atoms with van der Waals surface area (Å²) in [6.07, 6.45) is 5.37. The van der Waals surface area contributed by atoms with Crippen LogP contribution in [0.25, 0.3) is 0 Å². The minimum absolute atomic E-state index is 0.124. The third-order valence-corrected chi connectivity index (χ3v) is 5.68. The first-order valence-corrected chi connectivity index (χ1v) is 9.57. The van der Waals surface area contributed by atoms with E-state index in [1.165, 1.54) is 44.3 Å². The molecule has 134 valence electrons. The van der Waals surface area contributed by atoms with Gasteiger partial charge in [-0.25, -0.2) is 0 Å². The van der Waals surface area contributed by atoms with Gasteiger partial charge >= 0.3 is 0 Å². The van der Waals surface area contributed by atoms with E-state index in [0.29, 0.717) is 6.61 Å². The Hall–Kier alpha value is -0.940. The summed E-state index contributed by atoms with van der Waals surface area (Å²) in [6, 6.07) is 11.8. The number of aliphatic hydroxyl groups excluding tert-OH is 1. The smallest absolute Gasteiger partial charge is 0.0698 e. The van der Waals surface area contributed by atoms with Crippen molar-refractivity contribution in [1.82, 2.24) is 9.80 Å². The van der Waals surface area contributed by atoms with Gasteiger partial charge in [0.25, 0.3) is 0 Å². The fourth-order valence-electron chi connectivity index (χ4n) is 4.21. The Morgan fingerprint density at radius 3 is 2.29 bits per heavy atom. The highest BCUT2D eigenvalue weighted by atomic mass is 16.5. The van der Waals surface area contributed by atoms with Crippen molar-refractivity contribution < 1.29 is 9.84 Å². The van der Waals surface area contributed by atoms with Gasteiger partial charge in [-0.1, -0.05) is 30.3 Å². The molecular formula is C20H32N2O2. The van der Waals surface area contributed by atoms with Crippen LogP contribution in [0.3, 0.4) is 0 Å². The standard InChI is InChI=1S/C20H32N2O2/c23-15-17-24-16-14-21-10-12-22(13-11-21)20-8-6-19(7-9-20)18-4-2-1-3-5-18/h1-5,19-20,23H,6-17H2. The quantitative estimate of drug-likeness (QED) is 0.778. The first-order valence-electron chi connectivity index (χ1n) is 9.57. The molecule has 0 bridgehead atoms. The Kier molecular flexibility index (Phi) is 7.09. The van der Waals surface area contributed by atoms with Crippen LogP contribution in [0.15, 0.2) is 30.3 Å². The number of ether oxygens (including phenoxy) is 1. The Labute approximate surface area is 146 Å². The van der Waals surface area contributed by atoms with Crippen LogP contribution in [0.1, 0.15) is 37.2 Å². The summed E-state index contributed by atoms with van der Waals surface area (Å²) in [5, 5.41) is 8.73. The van der Waals surface area contributed by atoms with Crippen molar-refractivity contribution in [1.29, 1.82) is 0 Å². The second kappa shape index (κ2) is 9.52. The second-order valence-electron chi connectivity index (χ2n) is 7.13. The van der Waals surface area contributed by atoms with E-state index in [0.717, 1.165) is 38.2 Å².